The van der Waals surface area contributed by atoms with Gasteiger partial charge in [-0.2, -0.15) is 0 Å². The lowest BCUT2D eigenvalue weighted by Gasteiger charge is -2.27. The van der Waals surface area contributed by atoms with E-state index in [1.807, 2.05) is 48.5 Å². The van der Waals surface area contributed by atoms with Crippen molar-refractivity contribution in [3.8, 4) is 18.0 Å². The van der Waals surface area contributed by atoms with Crippen LogP contribution >= 0.6 is 0 Å². The van der Waals surface area contributed by atoms with Gasteiger partial charge in [-0.1, -0.05) is 30.2 Å². The SMILES string of the molecule is C#CCNc1cccc(-n2cc(N3CCc4ccccc4C3=O)c(N)n2)c1. The monoisotopic (exact) mass is 357 g/mol. The Kier molecular flexibility index (Phi) is 4.27. The minimum atomic E-state index is -0.0486. The van der Waals surface area contributed by atoms with Gasteiger partial charge in [-0.05, 0) is 36.2 Å². The molecule has 6 heteroatoms. The van der Waals surface area contributed by atoms with Gasteiger partial charge >= 0.3 is 0 Å². The molecular weight excluding hydrogens is 338 g/mol. The summed E-state index contributed by atoms with van der Waals surface area (Å²) in [6, 6.07) is 15.4. The molecule has 0 unspecified atom stereocenters. The molecule has 4 rings (SSSR count). The van der Waals surface area contributed by atoms with Crippen LogP contribution in [0.3, 0.4) is 0 Å². The number of nitrogens with one attached hydrogen (secondary N) is 1. The van der Waals surface area contributed by atoms with Gasteiger partial charge in [0.2, 0.25) is 0 Å². The number of anilines is 3. The van der Waals surface area contributed by atoms with E-state index in [-0.39, 0.29) is 5.91 Å². The van der Waals surface area contributed by atoms with Crippen molar-refractivity contribution in [2.24, 2.45) is 0 Å². The van der Waals surface area contributed by atoms with Gasteiger partial charge in [0.15, 0.2) is 5.82 Å². The molecule has 3 aromatic rings. The zero-order valence-corrected chi connectivity index (χ0v) is 14.7. The number of terminal acetylenes is 1. The first kappa shape index (κ1) is 16.7. The maximum absolute atomic E-state index is 12.9. The third kappa shape index (κ3) is 3.11. The number of hydrogen-bond donors (Lipinski definition) is 2. The first-order chi connectivity index (χ1) is 13.2. The number of carbonyl (C=O) groups is 1. The molecule has 3 N–H and O–H groups in total. The molecule has 0 aliphatic carbocycles. The summed E-state index contributed by atoms with van der Waals surface area (Å²) in [5, 5.41) is 7.53. The quantitative estimate of drug-likeness (QED) is 0.704. The number of benzene rings is 2. The first-order valence-electron chi connectivity index (χ1n) is 8.70. The molecule has 1 aromatic heterocycles. The lowest BCUT2D eigenvalue weighted by molar-refractivity contribution is 0.0981. The second-order valence-corrected chi connectivity index (χ2v) is 6.32. The van der Waals surface area contributed by atoms with Crippen molar-refractivity contribution in [3.05, 3.63) is 65.9 Å². The minimum absolute atomic E-state index is 0.0486. The Morgan fingerprint density at radius 2 is 2.07 bits per heavy atom. The third-order valence-electron chi connectivity index (χ3n) is 4.62. The van der Waals surface area contributed by atoms with E-state index in [9.17, 15) is 4.79 Å². The summed E-state index contributed by atoms with van der Waals surface area (Å²) < 4.78 is 1.68. The molecule has 1 amide bonds. The van der Waals surface area contributed by atoms with E-state index in [4.69, 9.17) is 12.2 Å². The molecule has 0 radical (unpaired) electrons. The fraction of sp³-hybridized carbons (Fsp3) is 0.143. The van der Waals surface area contributed by atoms with Gasteiger partial charge in [-0.3, -0.25) is 4.79 Å². The van der Waals surface area contributed by atoms with E-state index < -0.39 is 0 Å². The number of rotatable bonds is 4. The highest BCUT2D eigenvalue weighted by Gasteiger charge is 2.27. The van der Waals surface area contributed by atoms with Crippen LogP contribution in [-0.4, -0.2) is 28.8 Å². The summed E-state index contributed by atoms with van der Waals surface area (Å²) in [6.45, 7) is 1.02. The third-order valence-corrected chi connectivity index (χ3v) is 4.62. The van der Waals surface area contributed by atoms with Crippen LogP contribution in [0, 0.1) is 12.3 Å². The Morgan fingerprint density at radius 1 is 1.22 bits per heavy atom. The molecule has 27 heavy (non-hydrogen) atoms. The molecule has 0 saturated heterocycles. The number of amides is 1. The number of fused-ring (bicyclic) bond motifs is 1. The summed E-state index contributed by atoms with van der Waals surface area (Å²) in [6.07, 6.45) is 7.88. The molecule has 1 aliphatic rings. The molecule has 0 atom stereocenters. The summed E-state index contributed by atoms with van der Waals surface area (Å²) in [7, 11) is 0. The second kappa shape index (κ2) is 6.89. The van der Waals surface area contributed by atoms with Crippen LogP contribution in [-0.2, 0) is 6.42 Å². The minimum Gasteiger partial charge on any atom is -0.380 e. The van der Waals surface area contributed by atoms with Crippen molar-refractivity contribution >= 4 is 23.1 Å². The molecular formula is C21H19N5O. The van der Waals surface area contributed by atoms with Gasteiger partial charge in [0.05, 0.1) is 18.4 Å². The van der Waals surface area contributed by atoms with Crippen LogP contribution in [0.5, 0.6) is 0 Å². The molecule has 0 fully saturated rings. The van der Waals surface area contributed by atoms with Gasteiger partial charge in [-0.15, -0.1) is 11.5 Å². The van der Waals surface area contributed by atoms with E-state index in [0.29, 0.717) is 24.6 Å². The van der Waals surface area contributed by atoms with Crippen LogP contribution < -0.4 is 16.0 Å². The second-order valence-electron chi connectivity index (χ2n) is 6.32. The number of nitrogen functional groups attached to an aromatic ring is 1. The number of nitrogens with zero attached hydrogens (tertiary/aromatic N) is 3. The number of aromatic nitrogens is 2. The maximum atomic E-state index is 12.9. The van der Waals surface area contributed by atoms with Gasteiger partial charge in [0.25, 0.3) is 5.91 Å². The van der Waals surface area contributed by atoms with E-state index in [1.165, 1.54) is 0 Å². The zero-order valence-electron chi connectivity index (χ0n) is 14.7. The number of hydrogen-bond acceptors (Lipinski definition) is 4. The van der Waals surface area contributed by atoms with Crippen molar-refractivity contribution < 1.29 is 4.79 Å². The zero-order chi connectivity index (χ0) is 18.8. The van der Waals surface area contributed by atoms with Crippen molar-refractivity contribution in [1.29, 1.82) is 0 Å². The Labute approximate surface area is 157 Å². The highest BCUT2D eigenvalue weighted by molar-refractivity contribution is 6.09. The van der Waals surface area contributed by atoms with Gasteiger partial charge in [-0.25, -0.2) is 4.68 Å². The normalized spacial score (nSPS) is 13.1. The first-order valence-corrected chi connectivity index (χ1v) is 8.70. The smallest absolute Gasteiger partial charge is 0.258 e. The van der Waals surface area contributed by atoms with E-state index >= 15 is 0 Å². The molecule has 0 spiro atoms. The van der Waals surface area contributed by atoms with Crippen molar-refractivity contribution in [3.63, 3.8) is 0 Å². The fourth-order valence-corrected chi connectivity index (χ4v) is 3.29. The van der Waals surface area contributed by atoms with E-state index in [2.05, 4.69) is 16.3 Å². The van der Waals surface area contributed by atoms with Crippen molar-refractivity contribution in [2.45, 2.75) is 6.42 Å². The van der Waals surface area contributed by atoms with Gasteiger partial charge in [0, 0.05) is 17.8 Å². The standard InChI is InChI=1S/C21H19N5O/c1-2-11-23-16-7-5-8-17(13-16)26-14-19(20(22)24-26)25-12-10-15-6-3-4-9-18(15)21(25)27/h1,3-9,13-14,23H,10-12H2,(H2,22,24). The van der Waals surface area contributed by atoms with Crippen LogP contribution in [0.25, 0.3) is 5.69 Å². The van der Waals surface area contributed by atoms with Crippen LogP contribution in [0.4, 0.5) is 17.2 Å². The highest BCUT2D eigenvalue weighted by Crippen LogP contribution is 2.29. The van der Waals surface area contributed by atoms with Gasteiger partial charge in [0.1, 0.15) is 5.69 Å². The maximum Gasteiger partial charge on any atom is 0.258 e. The highest BCUT2D eigenvalue weighted by atomic mass is 16.2. The summed E-state index contributed by atoms with van der Waals surface area (Å²) in [5.74, 6) is 2.82. The van der Waals surface area contributed by atoms with Gasteiger partial charge < -0.3 is 16.0 Å². The average Bonchev–Trinajstić information content (AvgIpc) is 3.09. The molecule has 6 nitrogen and oxygen atoms in total. The molecule has 2 heterocycles. The predicted octanol–water partition coefficient (Wildman–Crippen LogP) is 2.70. The van der Waals surface area contributed by atoms with E-state index in [0.717, 1.165) is 28.9 Å². The average molecular weight is 357 g/mol. The molecule has 134 valence electrons. The number of carbonyl (C=O) groups excluding carboxylic acids is 1. The summed E-state index contributed by atoms with van der Waals surface area (Å²) in [4.78, 5) is 14.6. The molecule has 1 aliphatic heterocycles. The fourth-order valence-electron chi connectivity index (χ4n) is 3.29. The Balaban J connectivity index is 1.65. The summed E-state index contributed by atoms with van der Waals surface area (Å²) >= 11 is 0. The molecule has 0 bridgehead atoms. The number of nitrogens with two attached hydrogens (primary N) is 1. The summed E-state index contributed by atoms with van der Waals surface area (Å²) in [5.41, 5.74) is 10.3. The van der Waals surface area contributed by atoms with Crippen molar-refractivity contribution in [1.82, 2.24) is 9.78 Å². The molecule has 2 aromatic carbocycles. The Morgan fingerprint density at radius 3 is 2.93 bits per heavy atom. The molecule has 0 saturated carbocycles. The Bertz CT molecular complexity index is 1050. The van der Waals surface area contributed by atoms with Crippen LogP contribution in [0.2, 0.25) is 0 Å². The van der Waals surface area contributed by atoms with Crippen LogP contribution in [0.15, 0.2) is 54.7 Å². The van der Waals surface area contributed by atoms with E-state index in [1.54, 1.807) is 15.8 Å². The predicted molar refractivity (Wildman–Crippen MR) is 107 cm³/mol. The van der Waals surface area contributed by atoms with Crippen molar-refractivity contribution in [2.75, 3.05) is 29.0 Å². The Hall–Kier alpha value is -3.72. The lowest BCUT2D eigenvalue weighted by Crippen LogP contribution is -2.37. The largest absolute Gasteiger partial charge is 0.380 e. The lowest BCUT2D eigenvalue weighted by atomic mass is 9.99. The topological polar surface area (TPSA) is 76.2 Å². The van der Waals surface area contributed by atoms with Crippen LogP contribution in [0.1, 0.15) is 15.9 Å².